The molecular weight excluding hydrogens is 159 g/mol. The summed E-state index contributed by atoms with van der Waals surface area (Å²) < 4.78 is 39.4. The van der Waals surface area contributed by atoms with Gasteiger partial charge < -0.3 is 10.5 Å². The average Bonchev–Trinajstić information content (AvgIpc) is 2.44. The second-order valence-electron chi connectivity index (χ2n) is 2.82. The van der Waals surface area contributed by atoms with Gasteiger partial charge in [-0.3, -0.25) is 0 Å². The van der Waals surface area contributed by atoms with Gasteiger partial charge in [-0.25, -0.2) is 0 Å². The van der Waals surface area contributed by atoms with E-state index in [0.29, 0.717) is 13.0 Å². The van der Waals surface area contributed by atoms with Gasteiger partial charge in [-0.05, 0) is 12.8 Å². The second kappa shape index (κ2) is 2.64. The van der Waals surface area contributed by atoms with Crippen LogP contribution >= 0.6 is 0 Å². The highest BCUT2D eigenvalue weighted by atomic mass is 19.4. The Morgan fingerprint density at radius 3 is 2.36 bits per heavy atom. The zero-order chi connectivity index (χ0) is 8.54. The zero-order valence-corrected chi connectivity index (χ0v) is 5.95. The minimum Gasteiger partial charge on any atom is -0.354 e. The monoisotopic (exact) mass is 169 g/mol. The third-order valence-electron chi connectivity index (χ3n) is 1.58. The minimum atomic E-state index is -4.06. The molecule has 5 heteroatoms. The maximum absolute atomic E-state index is 11.6. The molecule has 1 aliphatic heterocycles. The van der Waals surface area contributed by atoms with E-state index in [0.717, 1.165) is 0 Å². The number of ether oxygens (including phenoxy) is 1. The van der Waals surface area contributed by atoms with Gasteiger partial charge in [0.25, 0.3) is 0 Å². The average molecular weight is 169 g/mol. The van der Waals surface area contributed by atoms with Gasteiger partial charge in [0.15, 0.2) is 0 Å². The number of hydrogen-bond acceptors (Lipinski definition) is 2. The van der Waals surface area contributed by atoms with E-state index >= 15 is 0 Å². The largest absolute Gasteiger partial charge is 0.389 e. The maximum Gasteiger partial charge on any atom is 0.389 e. The zero-order valence-electron chi connectivity index (χ0n) is 5.95. The Hall–Kier alpha value is -0.290. The normalized spacial score (nSPS) is 30.5. The van der Waals surface area contributed by atoms with Crippen LogP contribution in [0.3, 0.4) is 0 Å². The summed E-state index contributed by atoms with van der Waals surface area (Å²) in [4.78, 5) is 0. The Kier molecular flexibility index (Phi) is 2.11. The lowest BCUT2D eigenvalue weighted by molar-refractivity contribution is -0.136. The summed E-state index contributed by atoms with van der Waals surface area (Å²) in [6.45, 7) is 0.394. The number of hydrogen-bond donors (Lipinski definition) is 1. The fourth-order valence-electron chi connectivity index (χ4n) is 0.825. The number of nitrogens with two attached hydrogens (primary N) is 1. The third kappa shape index (κ3) is 3.57. The van der Waals surface area contributed by atoms with Gasteiger partial charge in [0, 0.05) is 6.42 Å². The van der Waals surface area contributed by atoms with Crippen molar-refractivity contribution >= 4 is 0 Å². The topological polar surface area (TPSA) is 38.5 Å². The number of epoxide rings is 1. The van der Waals surface area contributed by atoms with Gasteiger partial charge >= 0.3 is 6.18 Å². The molecule has 0 aromatic rings. The highest BCUT2D eigenvalue weighted by molar-refractivity contribution is 4.84. The Morgan fingerprint density at radius 1 is 1.45 bits per heavy atom. The quantitative estimate of drug-likeness (QED) is 0.648. The standard InChI is InChI=1S/C6H10F3NO/c7-6(8,9)3-1-2-5(10)4-11-5/h1-4,10H2. The molecule has 11 heavy (non-hydrogen) atoms. The summed E-state index contributed by atoms with van der Waals surface area (Å²) in [5, 5.41) is 0. The molecule has 0 aromatic carbocycles. The van der Waals surface area contributed by atoms with Crippen molar-refractivity contribution in [3.8, 4) is 0 Å². The lowest BCUT2D eigenvalue weighted by Gasteiger charge is -2.07. The molecule has 0 spiro atoms. The summed E-state index contributed by atoms with van der Waals surface area (Å²) in [6, 6.07) is 0. The van der Waals surface area contributed by atoms with Gasteiger partial charge in [-0.1, -0.05) is 0 Å². The fraction of sp³-hybridized carbons (Fsp3) is 1.00. The van der Waals surface area contributed by atoms with Crippen molar-refractivity contribution in [2.24, 2.45) is 5.73 Å². The molecule has 1 heterocycles. The molecule has 1 aliphatic rings. The third-order valence-corrected chi connectivity index (χ3v) is 1.58. The molecule has 2 nitrogen and oxygen atoms in total. The first-order valence-electron chi connectivity index (χ1n) is 3.41. The van der Waals surface area contributed by atoms with Crippen molar-refractivity contribution in [1.82, 2.24) is 0 Å². The summed E-state index contributed by atoms with van der Waals surface area (Å²) in [5.74, 6) is 0. The molecule has 1 unspecified atom stereocenters. The summed E-state index contributed by atoms with van der Waals surface area (Å²) >= 11 is 0. The Morgan fingerprint density at radius 2 is 2.00 bits per heavy atom. The highest BCUT2D eigenvalue weighted by Gasteiger charge is 2.40. The molecule has 0 radical (unpaired) electrons. The maximum atomic E-state index is 11.6. The van der Waals surface area contributed by atoms with Crippen LogP contribution < -0.4 is 5.73 Å². The Bertz CT molecular complexity index is 136. The van der Waals surface area contributed by atoms with E-state index in [-0.39, 0.29) is 6.42 Å². The van der Waals surface area contributed by atoms with Crippen LogP contribution in [0.4, 0.5) is 13.2 Å². The lowest BCUT2D eigenvalue weighted by Crippen LogP contribution is -2.24. The Balaban J connectivity index is 2.05. The van der Waals surface area contributed by atoms with Crippen molar-refractivity contribution in [2.75, 3.05) is 6.61 Å². The molecule has 0 amide bonds. The summed E-state index contributed by atoms with van der Waals surface area (Å²) in [5.41, 5.74) is 4.66. The molecule has 2 N–H and O–H groups in total. The van der Waals surface area contributed by atoms with E-state index in [1.165, 1.54) is 0 Å². The van der Waals surface area contributed by atoms with Crippen LogP contribution in [0.25, 0.3) is 0 Å². The first kappa shape index (κ1) is 8.80. The van der Waals surface area contributed by atoms with Crippen LogP contribution in [0.15, 0.2) is 0 Å². The molecule has 0 aliphatic carbocycles. The molecule has 1 fully saturated rings. The molecule has 1 rings (SSSR count). The van der Waals surface area contributed by atoms with E-state index < -0.39 is 18.3 Å². The number of alkyl halides is 3. The van der Waals surface area contributed by atoms with Gasteiger partial charge in [-0.15, -0.1) is 0 Å². The van der Waals surface area contributed by atoms with Gasteiger partial charge in [0.05, 0.1) is 6.61 Å². The van der Waals surface area contributed by atoms with Crippen molar-refractivity contribution in [3.05, 3.63) is 0 Å². The molecule has 1 saturated heterocycles. The molecule has 0 saturated carbocycles. The van der Waals surface area contributed by atoms with Crippen LogP contribution in [0.1, 0.15) is 19.3 Å². The van der Waals surface area contributed by atoms with Crippen LogP contribution in [0.5, 0.6) is 0 Å². The van der Waals surface area contributed by atoms with E-state index in [9.17, 15) is 13.2 Å². The molecule has 0 aromatic heterocycles. The van der Waals surface area contributed by atoms with Crippen LogP contribution in [0, 0.1) is 0 Å². The van der Waals surface area contributed by atoms with Crippen molar-refractivity contribution in [3.63, 3.8) is 0 Å². The predicted molar refractivity (Wildman–Crippen MR) is 32.8 cm³/mol. The van der Waals surface area contributed by atoms with Crippen LogP contribution in [-0.2, 0) is 4.74 Å². The molecule has 66 valence electrons. The number of halogens is 3. The van der Waals surface area contributed by atoms with Crippen molar-refractivity contribution in [1.29, 1.82) is 0 Å². The van der Waals surface area contributed by atoms with E-state index in [1.54, 1.807) is 0 Å². The van der Waals surface area contributed by atoms with E-state index in [4.69, 9.17) is 10.5 Å². The minimum absolute atomic E-state index is 0.0556. The first-order chi connectivity index (χ1) is 4.91. The van der Waals surface area contributed by atoms with Crippen molar-refractivity contribution < 1.29 is 17.9 Å². The van der Waals surface area contributed by atoms with Crippen LogP contribution in [-0.4, -0.2) is 18.5 Å². The highest BCUT2D eigenvalue weighted by Crippen LogP contribution is 2.29. The van der Waals surface area contributed by atoms with Gasteiger partial charge in [0.2, 0.25) is 0 Å². The summed E-state index contributed by atoms with van der Waals surface area (Å²) in [7, 11) is 0. The second-order valence-corrected chi connectivity index (χ2v) is 2.82. The fourth-order valence-corrected chi connectivity index (χ4v) is 0.825. The molecule has 0 bridgehead atoms. The molecular formula is C6H10F3NO. The van der Waals surface area contributed by atoms with E-state index in [1.807, 2.05) is 0 Å². The SMILES string of the molecule is NC1(CCCC(F)(F)F)CO1. The number of rotatable bonds is 3. The molecule has 1 atom stereocenters. The first-order valence-corrected chi connectivity index (χ1v) is 3.41. The predicted octanol–water partition coefficient (Wildman–Crippen LogP) is 1.40. The van der Waals surface area contributed by atoms with Crippen molar-refractivity contribution in [2.45, 2.75) is 31.2 Å². The van der Waals surface area contributed by atoms with E-state index in [2.05, 4.69) is 0 Å². The van der Waals surface area contributed by atoms with Gasteiger partial charge in [-0.2, -0.15) is 13.2 Å². The van der Waals surface area contributed by atoms with Gasteiger partial charge in [0.1, 0.15) is 5.72 Å². The Labute approximate surface area is 62.5 Å². The smallest absolute Gasteiger partial charge is 0.354 e. The summed E-state index contributed by atoms with van der Waals surface area (Å²) in [6.07, 6.45) is -4.48. The van der Waals surface area contributed by atoms with Crippen LogP contribution in [0.2, 0.25) is 0 Å². The lowest BCUT2D eigenvalue weighted by atomic mass is 10.1.